The van der Waals surface area contributed by atoms with Crippen LogP contribution < -0.4 is 5.32 Å². The van der Waals surface area contributed by atoms with E-state index >= 15 is 0 Å². The van der Waals surface area contributed by atoms with Gasteiger partial charge in [0.1, 0.15) is 0 Å². The average Bonchev–Trinajstić information content (AvgIpc) is 2.81. The Morgan fingerprint density at radius 2 is 1.81 bits per heavy atom. The Balaban J connectivity index is 1.98. The first-order chi connectivity index (χ1) is 15.5. The Bertz CT molecular complexity index is 1110. The number of Topliss-reactive ketones (excluding diaryl/α,β-unsaturated/α-hetero) is 1. The number of hydrogen-bond acceptors (Lipinski definition) is 4. The Kier molecular flexibility index (Phi) is 8.40. The molecule has 1 atom stereocenters. The molecule has 0 fully saturated rings. The average molecular weight is 445 g/mol. The lowest BCUT2D eigenvalue weighted by atomic mass is 9.93. The molecule has 0 saturated heterocycles. The number of thioether (sulfide) groups is 1. The second kappa shape index (κ2) is 11.4. The van der Waals surface area contributed by atoms with Gasteiger partial charge >= 0.3 is 0 Å². The molecule has 32 heavy (non-hydrogen) atoms. The molecule has 1 N–H and O–H groups in total. The number of aryl methyl sites for hydroxylation is 1. The van der Waals surface area contributed by atoms with Crippen LogP contribution in [0.4, 0.5) is 0 Å². The van der Waals surface area contributed by atoms with Gasteiger partial charge in [-0.25, -0.2) is 0 Å². The van der Waals surface area contributed by atoms with E-state index in [9.17, 15) is 9.59 Å². The van der Waals surface area contributed by atoms with E-state index in [2.05, 4.69) is 10.3 Å². The first-order valence-corrected chi connectivity index (χ1v) is 12.0. The van der Waals surface area contributed by atoms with Crippen molar-refractivity contribution < 1.29 is 9.59 Å². The number of benzene rings is 2. The minimum Gasteiger partial charge on any atom is -0.342 e. The summed E-state index contributed by atoms with van der Waals surface area (Å²) in [7, 11) is 0. The fraction of sp³-hybridized carbons (Fsp3) is 0.222. The van der Waals surface area contributed by atoms with Crippen LogP contribution in [0.15, 0.2) is 67.0 Å². The number of carbonyl (C=O) groups excluding carboxylic acids is 2. The lowest BCUT2D eigenvalue weighted by Gasteiger charge is -2.18. The molecule has 0 aliphatic carbocycles. The summed E-state index contributed by atoms with van der Waals surface area (Å²) in [6.45, 7) is 3.56. The molecule has 164 valence electrons. The molecule has 0 aliphatic rings. The van der Waals surface area contributed by atoms with Gasteiger partial charge in [0.2, 0.25) is 0 Å². The summed E-state index contributed by atoms with van der Waals surface area (Å²) >= 11 is 1.66. The van der Waals surface area contributed by atoms with Gasteiger partial charge in [-0.05, 0) is 78.3 Å². The van der Waals surface area contributed by atoms with Crippen LogP contribution in [0, 0.1) is 6.92 Å². The number of aromatic nitrogens is 1. The highest BCUT2D eigenvalue weighted by molar-refractivity contribution is 7.98. The summed E-state index contributed by atoms with van der Waals surface area (Å²) in [5.41, 5.74) is 5.48. The van der Waals surface area contributed by atoms with Gasteiger partial charge in [-0.2, -0.15) is 11.8 Å². The van der Waals surface area contributed by atoms with E-state index in [1.165, 1.54) is 6.92 Å². The zero-order valence-corrected chi connectivity index (χ0v) is 19.5. The van der Waals surface area contributed by atoms with Crippen molar-refractivity contribution in [2.75, 3.05) is 12.0 Å². The molecule has 1 heterocycles. The normalized spacial score (nSPS) is 12.0. The van der Waals surface area contributed by atoms with Gasteiger partial charge in [0.15, 0.2) is 5.78 Å². The maximum absolute atomic E-state index is 13.2. The van der Waals surface area contributed by atoms with E-state index in [0.29, 0.717) is 12.0 Å². The second-order valence-electron chi connectivity index (χ2n) is 7.66. The first-order valence-electron chi connectivity index (χ1n) is 10.6. The molecule has 5 heteroatoms. The summed E-state index contributed by atoms with van der Waals surface area (Å²) in [5.74, 6) is 0.556. The summed E-state index contributed by atoms with van der Waals surface area (Å²) < 4.78 is 0. The van der Waals surface area contributed by atoms with E-state index in [-0.39, 0.29) is 11.7 Å². The van der Waals surface area contributed by atoms with Gasteiger partial charge in [0.25, 0.3) is 5.91 Å². The first kappa shape index (κ1) is 23.5. The number of carbonyl (C=O) groups is 2. The SMILES string of the molecule is CSCCC(NC(=O)c1ccc(/C=C/c2cccnc2)cc1-c1ccccc1C)C(C)=O. The van der Waals surface area contributed by atoms with Crippen molar-refractivity contribution in [3.05, 3.63) is 89.2 Å². The van der Waals surface area contributed by atoms with Crippen molar-refractivity contribution in [1.82, 2.24) is 10.3 Å². The van der Waals surface area contributed by atoms with E-state index < -0.39 is 6.04 Å². The maximum Gasteiger partial charge on any atom is 0.252 e. The smallest absolute Gasteiger partial charge is 0.252 e. The van der Waals surface area contributed by atoms with E-state index in [1.54, 1.807) is 24.2 Å². The lowest BCUT2D eigenvalue weighted by molar-refractivity contribution is -0.118. The number of rotatable bonds is 9. The van der Waals surface area contributed by atoms with Crippen molar-refractivity contribution in [3.63, 3.8) is 0 Å². The van der Waals surface area contributed by atoms with E-state index in [1.807, 2.05) is 79.9 Å². The molecular weight excluding hydrogens is 416 g/mol. The van der Waals surface area contributed by atoms with Crippen LogP contribution in [0.5, 0.6) is 0 Å². The van der Waals surface area contributed by atoms with Crippen molar-refractivity contribution in [1.29, 1.82) is 0 Å². The Morgan fingerprint density at radius 3 is 2.50 bits per heavy atom. The minimum atomic E-state index is -0.482. The quantitative estimate of drug-likeness (QED) is 0.462. The molecule has 0 bridgehead atoms. The van der Waals surface area contributed by atoms with Gasteiger partial charge < -0.3 is 5.32 Å². The largest absolute Gasteiger partial charge is 0.342 e. The van der Waals surface area contributed by atoms with E-state index in [4.69, 9.17) is 0 Å². The molecule has 1 amide bonds. The molecule has 3 aromatic rings. The van der Waals surface area contributed by atoms with Crippen LogP contribution in [0.25, 0.3) is 23.3 Å². The van der Waals surface area contributed by atoms with Crippen LogP contribution in [0.3, 0.4) is 0 Å². The zero-order valence-electron chi connectivity index (χ0n) is 18.7. The number of ketones is 1. The van der Waals surface area contributed by atoms with Crippen molar-refractivity contribution >= 4 is 35.6 Å². The molecular formula is C27H28N2O2S. The summed E-state index contributed by atoms with van der Waals surface area (Å²) in [5, 5.41) is 2.95. The summed E-state index contributed by atoms with van der Waals surface area (Å²) in [6, 6.07) is 17.2. The van der Waals surface area contributed by atoms with Crippen LogP contribution in [-0.4, -0.2) is 34.7 Å². The second-order valence-corrected chi connectivity index (χ2v) is 8.64. The standard InChI is InChI=1S/C27H28N2O2S/c1-19-7-4-5-9-23(19)25-17-21(10-11-22-8-6-15-28-18-22)12-13-24(25)27(31)29-26(20(2)30)14-16-32-3/h4-13,15,17-18,26H,14,16H2,1-3H3,(H,29,31)/b11-10+. The number of nitrogens with one attached hydrogen (secondary N) is 1. The van der Waals surface area contributed by atoms with Crippen molar-refractivity contribution in [3.8, 4) is 11.1 Å². The molecule has 0 aliphatic heterocycles. The molecule has 4 nitrogen and oxygen atoms in total. The van der Waals surface area contributed by atoms with Crippen LogP contribution in [0.2, 0.25) is 0 Å². The summed E-state index contributed by atoms with van der Waals surface area (Å²) in [4.78, 5) is 29.4. The van der Waals surface area contributed by atoms with Crippen LogP contribution in [-0.2, 0) is 4.79 Å². The molecule has 3 rings (SSSR count). The van der Waals surface area contributed by atoms with Crippen molar-refractivity contribution in [2.24, 2.45) is 0 Å². The van der Waals surface area contributed by atoms with Crippen LogP contribution >= 0.6 is 11.8 Å². The number of pyridine rings is 1. The fourth-order valence-electron chi connectivity index (χ4n) is 3.48. The maximum atomic E-state index is 13.2. The van der Waals surface area contributed by atoms with Crippen LogP contribution in [0.1, 0.15) is 40.4 Å². The predicted octanol–water partition coefficient (Wildman–Crippen LogP) is 5.67. The third-order valence-corrected chi connectivity index (χ3v) is 5.93. The lowest BCUT2D eigenvalue weighted by Crippen LogP contribution is -2.40. The van der Waals surface area contributed by atoms with Gasteiger partial charge in [0.05, 0.1) is 6.04 Å². The number of amides is 1. The molecule has 1 aromatic heterocycles. The monoisotopic (exact) mass is 444 g/mol. The van der Waals surface area contributed by atoms with Crippen molar-refractivity contribution in [2.45, 2.75) is 26.3 Å². The molecule has 0 spiro atoms. The molecule has 2 aromatic carbocycles. The molecule has 1 unspecified atom stereocenters. The molecule has 0 radical (unpaired) electrons. The highest BCUT2D eigenvalue weighted by Gasteiger charge is 2.20. The minimum absolute atomic E-state index is 0.0270. The Labute approximate surface area is 194 Å². The Hall–Kier alpha value is -3.18. The number of hydrogen-bond donors (Lipinski definition) is 1. The topological polar surface area (TPSA) is 59.1 Å². The van der Waals surface area contributed by atoms with Gasteiger partial charge in [0, 0.05) is 18.0 Å². The highest BCUT2D eigenvalue weighted by Crippen LogP contribution is 2.29. The van der Waals surface area contributed by atoms with Gasteiger partial charge in [-0.15, -0.1) is 0 Å². The number of nitrogens with zero attached hydrogens (tertiary/aromatic N) is 1. The third-order valence-electron chi connectivity index (χ3n) is 5.28. The third kappa shape index (κ3) is 6.17. The Morgan fingerprint density at radius 1 is 1.03 bits per heavy atom. The van der Waals surface area contributed by atoms with Gasteiger partial charge in [-0.1, -0.05) is 48.6 Å². The zero-order chi connectivity index (χ0) is 22.9. The van der Waals surface area contributed by atoms with Gasteiger partial charge in [-0.3, -0.25) is 14.6 Å². The fourth-order valence-corrected chi connectivity index (χ4v) is 3.95. The predicted molar refractivity (Wildman–Crippen MR) is 135 cm³/mol. The molecule has 0 saturated carbocycles. The highest BCUT2D eigenvalue weighted by atomic mass is 32.2. The van der Waals surface area contributed by atoms with E-state index in [0.717, 1.165) is 33.6 Å². The summed E-state index contributed by atoms with van der Waals surface area (Å²) in [6.07, 6.45) is 10.2.